The number of nitrogens with zero attached hydrogens (tertiary/aromatic N) is 3. The Kier molecular flexibility index (Phi) is 5.59. The molecule has 9 heteroatoms. The molecule has 0 amide bonds. The van der Waals surface area contributed by atoms with Crippen LogP contribution in [0.5, 0.6) is 0 Å². The van der Waals surface area contributed by atoms with Gasteiger partial charge in [-0.15, -0.1) is 0 Å². The van der Waals surface area contributed by atoms with Crippen LogP contribution in [0.1, 0.15) is 17.8 Å². The van der Waals surface area contributed by atoms with Crippen LogP contribution >= 0.6 is 12.2 Å². The summed E-state index contributed by atoms with van der Waals surface area (Å²) >= 11 is 5.48. The fourth-order valence-corrected chi connectivity index (χ4v) is 5.44. The molecule has 1 aliphatic rings. The highest BCUT2D eigenvalue weighted by Crippen LogP contribution is 2.21. The minimum absolute atomic E-state index is 0.119. The molecule has 0 bridgehead atoms. The Labute approximate surface area is 158 Å². The lowest BCUT2D eigenvalue weighted by Gasteiger charge is -2.13. The standard InChI is InChI=1S/C17H23FN4O2S2/c1-20(10-13-3-5-15(18)6-4-13)12-22-17(25)21(2)16(19-22)9-14-7-8-26(23,24)11-14/h3-6,14H,7-12H2,1-2H3/p+1/t14-/m1/s1. The molecule has 142 valence electrons. The average Bonchev–Trinajstić information content (AvgIpc) is 3.04. The molecule has 26 heavy (non-hydrogen) atoms. The maximum absolute atomic E-state index is 13.0. The lowest BCUT2D eigenvalue weighted by Crippen LogP contribution is -3.07. The van der Waals surface area contributed by atoms with Gasteiger partial charge in [-0.1, -0.05) is 12.1 Å². The number of nitrogens with one attached hydrogen (secondary N) is 1. The molecule has 1 N–H and O–H groups in total. The summed E-state index contributed by atoms with van der Waals surface area (Å²) < 4.78 is 40.6. The van der Waals surface area contributed by atoms with Crippen molar-refractivity contribution in [1.82, 2.24) is 14.3 Å². The first-order valence-corrected chi connectivity index (χ1v) is 10.9. The van der Waals surface area contributed by atoms with Crippen molar-refractivity contribution >= 4 is 22.1 Å². The molecule has 6 nitrogen and oxygen atoms in total. The fraction of sp³-hybridized carbons (Fsp3) is 0.529. The second-order valence-corrected chi connectivity index (χ2v) is 9.74. The molecule has 1 fully saturated rings. The first-order valence-electron chi connectivity index (χ1n) is 8.62. The fourth-order valence-electron chi connectivity index (χ4n) is 3.37. The monoisotopic (exact) mass is 399 g/mol. The molecule has 3 rings (SSSR count). The Bertz CT molecular complexity index is 935. The second kappa shape index (κ2) is 7.58. The number of quaternary nitrogens is 1. The van der Waals surface area contributed by atoms with Gasteiger partial charge in [0.25, 0.3) is 0 Å². The van der Waals surface area contributed by atoms with Gasteiger partial charge in [-0.3, -0.25) is 0 Å². The summed E-state index contributed by atoms with van der Waals surface area (Å²) in [7, 11) is 1.02. The van der Waals surface area contributed by atoms with Crippen LogP contribution in [-0.4, -0.2) is 41.3 Å². The third-order valence-corrected chi connectivity index (χ3v) is 7.09. The molecular formula is C17H24FN4O2S2+. The first-order chi connectivity index (χ1) is 12.2. The van der Waals surface area contributed by atoms with Crippen LogP contribution < -0.4 is 4.90 Å². The summed E-state index contributed by atoms with van der Waals surface area (Å²) in [5, 5.41) is 4.62. The zero-order valence-electron chi connectivity index (χ0n) is 15.0. The normalized spacial score (nSPS) is 20.3. The number of halogens is 1. The smallest absolute Gasteiger partial charge is 0.202 e. The molecular weight excluding hydrogens is 375 g/mol. The summed E-state index contributed by atoms with van der Waals surface area (Å²) in [5.74, 6) is 1.22. The van der Waals surface area contributed by atoms with Gasteiger partial charge >= 0.3 is 0 Å². The molecule has 1 saturated heterocycles. The van der Waals surface area contributed by atoms with E-state index in [1.165, 1.54) is 17.0 Å². The highest BCUT2D eigenvalue weighted by atomic mass is 32.2. The molecule has 2 heterocycles. The van der Waals surface area contributed by atoms with Crippen molar-refractivity contribution in [2.24, 2.45) is 13.0 Å². The molecule has 0 aliphatic carbocycles. The average molecular weight is 400 g/mol. The van der Waals surface area contributed by atoms with Gasteiger partial charge in [-0.25, -0.2) is 12.8 Å². The van der Waals surface area contributed by atoms with Crippen molar-refractivity contribution in [2.75, 3.05) is 18.6 Å². The van der Waals surface area contributed by atoms with E-state index in [2.05, 4.69) is 5.10 Å². The van der Waals surface area contributed by atoms with E-state index >= 15 is 0 Å². The summed E-state index contributed by atoms with van der Waals surface area (Å²) in [4.78, 5) is 1.17. The van der Waals surface area contributed by atoms with Crippen LogP contribution in [0.15, 0.2) is 24.3 Å². The third-order valence-electron chi connectivity index (χ3n) is 4.77. The third kappa shape index (κ3) is 4.57. The van der Waals surface area contributed by atoms with Crippen LogP contribution in [0.25, 0.3) is 0 Å². The predicted molar refractivity (Wildman–Crippen MR) is 99.5 cm³/mol. The van der Waals surface area contributed by atoms with E-state index < -0.39 is 9.84 Å². The Balaban J connectivity index is 1.67. The number of aromatic nitrogens is 3. The van der Waals surface area contributed by atoms with E-state index in [1.54, 1.807) is 16.8 Å². The van der Waals surface area contributed by atoms with Crippen molar-refractivity contribution in [2.45, 2.75) is 26.1 Å². The van der Waals surface area contributed by atoms with Gasteiger partial charge < -0.3 is 9.47 Å². The van der Waals surface area contributed by atoms with E-state index in [-0.39, 0.29) is 23.2 Å². The number of benzene rings is 1. The maximum atomic E-state index is 13.0. The van der Waals surface area contributed by atoms with Crippen molar-refractivity contribution in [3.8, 4) is 0 Å². The minimum Gasteiger partial charge on any atom is -0.315 e. The highest BCUT2D eigenvalue weighted by Gasteiger charge is 2.29. The van der Waals surface area contributed by atoms with E-state index in [4.69, 9.17) is 12.2 Å². The van der Waals surface area contributed by atoms with Crippen LogP contribution in [0.4, 0.5) is 4.39 Å². The molecule has 0 spiro atoms. The summed E-state index contributed by atoms with van der Waals surface area (Å²) in [5.41, 5.74) is 1.04. The van der Waals surface area contributed by atoms with E-state index in [0.29, 0.717) is 24.3 Å². The van der Waals surface area contributed by atoms with Gasteiger partial charge in [-0.2, -0.15) is 9.78 Å². The Morgan fingerprint density at radius 1 is 1.35 bits per heavy atom. The Morgan fingerprint density at radius 3 is 2.65 bits per heavy atom. The van der Waals surface area contributed by atoms with Crippen molar-refractivity contribution in [3.05, 3.63) is 46.2 Å². The second-order valence-electron chi connectivity index (χ2n) is 7.15. The lowest BCUT2D eigenvalue weighted by molar-refractivity contribution is -0.917. The zero-order valence-corrected chi connectivity index (χ0v) is 16.6. The topological polar surface area (TPSA) is 61.3 Å². The quantitative estimate of drug-likeness (QED) is 0.728. The van der Waals surface area contributed by atoms with Crippen molar-refractivity contribution in [3.63, 3.8) is 0 Å². The minimum atomic E-state index is -2.89. The van der Waals surface area contributed by atoms with Gasteiger partial charge in [0, 0.05) is 19.0 Å². The zero-order chi connectivity index (χ0) is 18.9. The highest BCUT2D eigenvalue weighted by molar-refractivity contribution is 7.91. The van der Waals surface area contributed by atoms with Crippen LogP contribution in [0.3, 0.4) is 0 Å². The van der Waals surface area contributed by atoms with Crippen molar-refractivity contribution < 1.29 is 17.7 Å². The van der Waals surface area contributed by atoms with Crippen molar-refractivity contribution in [1.29, 1.82) is 0 Å². The Hall–Kier alpha value is -1.58. The van der Waals surface area contributed by atoms with Crippen LogP contribution in [0.2, 0.25) is 0 Å². The van der Waals surface area contributed by atoms with E-state index in [0.717, 1.165) is 17.9 Å². The number of hydrogen-bond acceptors (Lipinski definition) is 4. The Morgan fingerprint density at radius 2 is 2.04 bits per heavy atom. The van der Waals surface area contributed by atoms with Gasteiger partial charge in [-0.05, 0) is 36.7 Å². The van der Waals surface area contributed by atoms with E-state index in [1.807, 2.05) is 18.7 Å². The van der Waals surface area contributed by atoms with Gasteiger partial charge in [0.1, 0.15) is 18.2 Å². The number of hydrogen-bond donors (Lipinski definition) is 1. The molecule has 1 aliphatic heterocycles. The SMILES string of the molecule is Cn1c(C[C@H]2CCS(=O)(=O)C2)nn(C[NH+](C)Cc2ccc(F)cc2)c1=S. The molecule has 1 aromatic carbocycles. The predicted octanol–water partition coefficient (Wildman–Crippen LogP) is 0.740. The summed E-state index contributed by atoms with van der Waals surface area (Å²) in [6.07, 6.45) is 1.32. The van der Waals surface area contributed by atoms with Gasteiger partial charge in [0.15, 0.2) is 16.5 Å². The molecule has 2 aromatic rings. The largest absolute Gasteiger partial charge is 0.315 e. The molecule has 1 aromatic heterocycles. The maximum Gasteiger partial charge on any atom is 0.202 e. The summed E-state index contributed by atoms with van der Waals surface area (Å²) in [6.45, 7) is 1.32. The van der Waals surface area contributed by atoms with Gasteiger partial charge in [0.2, 0.25) is 4.77 Å². The molecule has 0 saturated carbocycles. The molecule has 1 unspecified atom stereocenters. The number of rotatable bonds is 6. The van der Waals surface area contributed by atoms with Crippen LogP contribution in [0, 0.1) is 16.5 Å². The van der Waals surface area contributed by atoms with Gasteiger partial charge in [0.05, 0.1) is 18.6 Å². The summed E-state index contributed by atoms with van der Waals surface area (Å²) in [6, 6.07) is 6.48. The molecule has 2 atom stereocenters. The first kappa shape index (κ1) is 19.2. The molecule has 0 radical (unpaired) electrons. The van der Waals surface area contributed by atoms with E-state index in [9.17, 15) is 12.8 Å². The lowest BCUT2D eigenvalue weighted by atomic mass is 10.1. The van der Waals surface area contributed by atoms with Crippen LogP contribution in [-0.2, 0) is 36.5 Å². The number of sulfone groups is 1.